The van der Waals surface area contributed by atoms with Crippen molar-refractivity contribution in [1.29, 1.82) is 0 Å². The van der Waals surface area contributed by atoms with Crippen LogP contribution in [0, 0.1) is 11.6 Å². The highest BCUT2D eigenvalue weighted by molar-refractivity contribution is 5.79. The number of benzene rings is 1. The molecule has 1 aromatic carbocycles. The zero-order chi connectivity index (χ0) is 21.2. The lowest BCUT2D eigenvalue weighted by Crippen LogP contribution is -2.46. The Kier molecular flexibility index (Phi) is 5.61. The minimum absolute atomic E-state index is 0.213. The first-order chi connectivity index (χ1) is 15.2. The predicted molar refractivity (Wildman–Crippen MR) is 114 cm³/mol. The summed E-state index contributed by atoms with van der Waals surface area (Å²) in [4.78, 5) is 18.2. The van der Waals surface area contributed by atoms with Crippen molar-refractivity contribution < 1.29 is 13.5 Å². The minimum Gasteiger partial charge on any atom is -0.379 e. The van der Waals surface area contributed by atoms with Crippen LogP contribution in [0.3, 0.4) is 0 Å². The summed E-state index contributed by atoms with van der Waals surface area (Å²) in [6.45, 7) is 4.84. The Balaban J connectivity index is 1.33. The maximum Gasteiger partial charge on any atom is 0.172 e. The number of aromatic nitrogens is 3. The van der Waals surface area contributed by atoms with E-state index in [4.69, 9.17) is 14.7 Å². The third-order valence-electron chi connectivity index (χ3n) is 5.80. The monoisotopic (exact) mass is 426 g/mol. The molecule has 3 aromatic rings. The lowest BCUT2D eigenvalue weighted by atomic mass is 10.1. The summed E-state index contributed by atoms with van der Waals surface area (Å²) >= 11 is 0. The average Bonchev–Trinajstić information content (AvgIpc) is 3.29. The van der Waals surface area contributed by atoms with Gasteiger partial charge in [0.1, 0.15) is 17.2 Å². The normalized spacial score (nSPS) is 19.8. The standard InChI is InChI=1S/C22H24F2N6O/c23-16-2-1-15(18(24)11-16)13-29-6-8-30(9-7-29)22-21(26-17-4-10-31-14-17)27-20-12-25-5-3-19(20)28-22/h1-3,5,11-12,17H,4,6-10,13-14H2,(H,26,27). The van der Waals surface area contributed by atoms with Crippen molar-refractivity contribution in [3.8, 4) is 0 Å². The molecule has 1 atom stereocenters. The first-order valence-corrected chi connectivity index (χ1v) is 10.5. The van der Waals surface area contributed by atoms with Gasteiger partial charge in [-0.25, -0.2) is 18.7 Å². The summed E-state index contributed by atoms with van der Waals surface area (Å²) in [7, 11) is 0. The molecule has 0 aliphatic carbocycles. The molecule has 0 spiro atoms. The summed E-state index contributed by atoms with van der Waals surface area (Å²) in [5.74, 6) is 0.512. The molecule has 31 heavy (non-hydrogen) atoms. The Morgan fingerprint density at radius 2 is 1.94 bits per heavy atom. The molecular weight excluding hydrogens is 402 g/mol. The van der Waals surface area contributed by atoms with Gasteiger partial charge < -0.3 is 15.0 Å². The zero-order valence-electron chi connectivity index (χ0n) is 17.1. The summed E-state index contributed by atoms with van der Waals surface area (Å²) in [5, 5.41) is 3.50. The molecule has 0 saturated carbocycles. The van der Waals surface area contributed by atoms with E-state index >= 15 is 0 Å². The maximum absolute atomic E-state index is 14.0. The number of nitrogens with zero attached hydrogens (tertiary/aromatic N) is 5. The van der Waals surface area contributed by atoms with Crippen LogP contribution in [0.25, 0.3) is 11.0 Å². The molecule has 7 nitrogen and oxygen atoms in total. The van der Waals surface area contributed by atoms with Gasteiger partial charge in [0.05, 0.1) is 24.4 Å². The van der Waals surface area contributed by atoms with Crippen LogP contribution in [0.2, 0.25) is 0 Å². The lowest BCUT2D eigenvalue weighted by molar-refractivity contribution is 0.195. The molecule has 2 aliphatic rings. The summed E-state index contributed by atoms with van der Waals surface area (Å²) in [6, 6.07) is 5.84. The van der Waals surface area contributed by atoms with E-state index in [0.717, 1.165) is 67.9 Å². The largest absolute Gasteiger partial charge is 0.379 e. The van der Waals surface area contributed by atoms with Crippen LogP contribution >= 0.6 is 0 Å². The molecule has 0 radical (unpaired) electrons. The van der Waals surface area contributed by atoms with Crippen molar-refractivity contribution in [3.63, 3.8) is 0 Å². The topological polar surface area (TPSA) is 66.4 Å². The van der Waals surface area contributed by atoms with Gasteiger partial charge in [0, 0.05) is 57.2 Å². The molecule has 5 rings (SSSR count). The van der Waals surface area contributed by atoms with Crippen LogP contribution in [0.4, 0.5) is 20.4 Å². The molecule has 2 aromatic heterocycles. The number of piperazine rings is 1. The number of hydrogen-bond acceptors (Lipinski definition) is 7. The SMILES string of the molecule is Fc1ccc(CN2CCN(c3nc4ccncc4nc3NC3CCOC3)CC2)c(F)c1. The van der Waals surface area contributed by atoms with Gasteiger partial charge in [0.2, 0.25) is 0 Å². The Bertz CT molecular complexity index is 1070. The molecule has 9 heteroatoms. The fraction of sp³-hybridized carbons (Fsp3) is 0.409. The van der Waals surface area contributed by atoms with E-state index in [9.17, 15) is 8.78 Å². The number of hydrogen-bond donors (Lipinski definition) is 1. The van der Waals surface area contributed by atoms with Crippen molar-refractivity contribution in [3.05, 3.63) is 53.9 Å². The molecule has 162 valence electrons. The van der Waals surface area contributed by atoms with Crippen LogP contribution in [0.5, 0.6) is 0 Å². The quantitative estimate of drug-likeness (QED) is 0.673. The second-order valence-corrected chi connectivity index (χ2v) is 7.96. The van der Waals surface area contributed by atoms with Crippen LogP contribution < -0.4 is 10.2 Å². The van der Waals surface area contributed by atoms with Gasteiger partial charge >= 0.3 is 0 Å². The first kappa shape index (κ1) is 20.0. The van der Waals surface area contributed by atoms with E-state index < -0.39 is 11.6 Å². The summed E-state index contributed by atoms with van der Waals surface area (Å²) < 4.78 is 32.7. The summed E-state index contributed by atoms with van der Waals surface area (Å²) in [6.07, 6.45) is 4.37. The van der Waals surface area contributed by atoms with Crippen molar-refractivity contribution in [2.75, 3.05) is 49.6 Å². The van der Waals surface area contributed by atoms with Crippen molar-refractivity contribution in [1.82, 2.24) is 19.9 Å². The highest BCUT2D eigenvalue weighted by Gasteiger charge is 2.25. The van der Waals surface area contributed by atoms with E-state index in [1.165, 1.54) is 12.1 Å². The van der Waals surface area contributed by atoms with Crippen molar-refractivity contribution >= 4 is 22.7 Å². The molecule has 1 N–H and O–H groups in total. The average molecular weight is 426 g/mol. The molecule has 2 saturated heterocycles. The summed E-state index contributed by atoms with van der Waals surface area (Å²) in [5.41, 5.74) is 2.06. The Morgan fingerprint density at radius 1 is 1.06 bits per heavy atom. The van der Waals surface area contributed by atoms with E-state index in [1.807, 2.05) is 6.07 Å². The number of nitrogens with one attached hydrogen (secondary N) is 1. The van der Waals surface area contributed by atoms with Gasteiger partial charge in [-0.05, 0) is 18.6 Å². The van der Waals surface area contributed by atoms with E-state index in [-0.39, 0.29) is 6.04 Å². The fourth-order valence-electron chi connectivity index (χ4n) is 4.06. The first-order valence-electron chi connectivity index (χ1n) is 10.5. The number of fused-ring (bicyclic) bond motifs is 1. The van der Waals surface area contributed by atoms with Gasteiger partial charge in [0.25, 0.3) is 0 Å². The van der Waals surface area contributed by atoms with Gasteiger partial charge in [-0.3, -0.25) is 9.88 Å². The number of pyridine rings is 1. The van der Waals surface area contributed by atoms with Crippen LogP contribution in [0.15, 0.2) is 36.7 Å². The number of rotatable bonds is 5. The van der Waals surface area contributed by atoms with Gasteiger partial charge in [-0.15, -0.1) is 0 Å². The molecular formula is C22H24F2N6O. The Labute approximate surface area is 179 Å². The number of ether oxygens (including phenoxy) is 1. The van der Waals surface area contributed by atoms with E-state index in [1.54, 1.807) is 12.4 Å². The van der Waals surface area contributed by atoms with Crippen LogP contribution in [0.1, 0.15) is 12.0 Å². The minimum atomic E-state index is -0.552. The zero-order valence-corrected chi connectivity index (χ0v) is 17.1. The third kappa shape index (κ3) is 4.42. The predicted octanol–water partition coefficient (Wildman–Crippen LogP) is 2.83. The van der Waals surface area contributed by atoms with Crippen LogP contribution in [-0.4, -0.2) is 65.3 Å². The number of anilines is 2. The highest BCUT2D eigenvalue weighted by atomic mass is 19.1. The fourth-order valence-corrected chi connectivity index (χ4v) is 4.06. The van der Waals surface area contributed by atoms with Gasteiger partial charge in [0.15, 0.2) is 11.6 Å². The third-order valence-corrected chi connectivity index (χ3v) is 5.80. The maximum atomic E-state index is 14.0. The second kappa shape index (κ2) is 8.68. The van der Waals surface area contributed by atoms with Gasteiger partial charge in [-0.2, -0.15) is 0 Å². The lowest BCUT2D eigenvalue weighted by Gasteiger charge is -2.36. The number of halogens is 2. The van der Waals surface area contributed by atoms with Gasteiger partial charge in [-0.1, -0.05) is 6.07 Å². The Morgan fingerprint density at radius 3 is 2.71 bits per heavy atom. The molecule has 0 amide bonds. The molecule has 0 bridgehead atoms. The van der Waals surface area contributed by atoms with E-state index in [2.05, 4.69) is 20.1 Å². The highest BCUT2D eigenvalue weighted by Crippen LogP contribution is 2.27. The molecule has 2 aliphatic heterocycles. The van der Waals surface area contributed by atoms with Crippen molar-refractivity contribution in [2.45, 2.75) is 19.0 Å². The Hall–Kier alpha value is -2.91. The smallest absolute Gasteiger partial charge is 0.172 e. The molecule has 2 fully saturated rings. The second-order valence-electron chi connectivity index (χ2n) is 7.96. The molecule has 4 heterocycles. The van der Waals surface area contributed by atoms with E-state index in [0.29, 0.717) is 18.7 Å². The van der Waals surface area contributed by atoms with Crippen LogP contribution in [-0.2, 0) is 11.3 Å². The van der Waals surface area contributed by atoms with Crippen molar-refractivity contribution in [2.24, 2.45) is 0 Å². The molecule has 1 unspecified atom stereocenters.